The van der Waals surface area contributed by atoms with E-state index in [2.05, 4.69) is 44.6 Å². The van der Waals surface area contributed by atoms with Crippen molar-refractivity contribution in [2.24, 2.45) is 5.92 Å². The summed E-state index contributed by atoms with van der Waals surface area (Å²) in [6.45, 7) is 7.93. The van der Waals surface area contributed by atoms with Crippen LogP contribution in [-0.2, 0) is 11.2 Å². The predicted octanol–water partition coefficient (Wildman–Crippen LogP) is 3.97. The Balaban J connectivity index is 1.45. The number of amides is 1. The number of fused-ring (bicyclic) bond motifs is 1. The molecule has 9 nitrogen and oxygen atoms in total. The van der Waals surface area contributed by atoms with Gasteiger partial charge in [0.15, 0.2) is 5.13 Å². The molecule has 0 saturated carbocycles. The molecule has 3 N–H and O–H groups in total. The number of carbonyl (C=O) groups excluding carboxylic acids is 1. The van der Waals surface area contributed by atoms with Crippen LogP contribution in [0.4, 0.5) is 10.9 Å². The minimum Gasteiger partial charge on any atom is -0.381 e. The second-order valence-electron chi connectivity index (χ2n) is 8.24. The average molecular weight is 467 g/mol. The van der Waals surface area contributed by atoms with Gasteiger partial charge in [0.25, 0.3) is 5.91 Å². The van der Waals surface area contributed by atoms with Crippen LogP contribution in [0.2, 0.25) is 0 Å². The number of pyridine rings is 1. The zero-order valence-electron chi connectivity index (χ0n) is 18.9. The van der Waals surface area contributed by atoms with E-state index in [4.69, 9.17) is 4.52 Å². The third-order valence-corrected chi connectivity index (χ3v) is 6.13. The number of thiazole rings is 1. The van der Waals surface area contributed by atoms with Crippen molar-refractivity contribution in [2.75, 3.05) is 17.2 Å². The Kier molecular flexibility index (Phi) is 6.66. The lowest BCUT2D eigenvalue weighted by Gasteiger charge is -2.13. The maximum atomic E-state index is 12.5. The third-order valence-electron chi connectivity index (χ3n) is 5.03. The molecule has 3 aromatic heterocycles. The number of aromatic nitrogens is 4. The Hall–Kier alpha value is -3.37. The molecule has 0 saturated heterocycles. The van der Waals surface area contributed by atoms with Crippen LogP contribution in [0.3, 0.4) is 0 Å². The summed E-state index contributed by atoms with van der Waals surface area (Å²) < 4.78 is 5.07. The quantitative estimate of drug-likeness (QED) is 0.356. The summed E-state index contributed by atoms with van der Waals surface area (Å²) in [6.07, 6.45) is 1.30. The van der Waals surface area contributed by atoms with Crippen molar-refractivity contribution >= 4 is 39.0 Å². The second kappa shape index (κ2) is 9.63. The fourth-order valence-corrected chi connectivity index (χ4v) is 4.56. The molecule has 10 heteroatoms. The molecule has 0 bridgehead atoms. The lowest BCUT2D eigenvalue weighted by molar-refractivity contribution is -0.123. The Labute approximate surface area is 195 Å². The van der Waals surface area contributed by atoms with Crippen LogP contribution in [0.25, 0.3) is 22.2 Å². The number of nitrogens with one attached hydrogen (secondary N) is 2. The number of hydrogen-bond acceptors (Lipinski definition) is 9. The molecule has 0 aliphatic heterocycles. The highest BCUT2D eigenvalue weighted by atomic mass is 32.1. The van der Waals surface area contributed by atoms with Gasteiger partial charge in [-0.25, -0.2) is 9.97 Å². The maximum Gasteiger partial charge on any atom is 0.256 e. The van der Waals surface area contributed by atoms with Gasteiger partial charge in [-0.15, -0.1) is 11.3 Å². The molecular weight excluding hydrogens is 440 g/mol. The molecule has 0 radical (unpaired) electrons. The van der Waals surface area contributed by atoms with Gasteiger partial charge in [0.2, 0.25) is 11.7 Å². The number of aryl methyl sites for hydroxylation is 2. The summed E-state index contributed by atoms with van der Waals surface area (Å²) >= 11 is 1.44. The van der Waals surface area contributed by atoms with Gasteiger partial charge in [0, 0.05) is 28.9 Å². The van der Waals surface area contributed by atoms with Gasteiger partial charge in [0.1, 0.15) is 11.9 Å². The lowest BCUT2D eigenvalue weighted by atomic mass is 10.1. The number of carbonyl (C=O) groups is 1. The van der Waals surface area contributed by atoms with Crippen molar-refractivity contribution < 1.29 is 14.4 Å². The molecule has 4 aromatic rings. The molecule has 1 amide bonds. The van der Waals surface area contributed by atoms with Gasteiger partial charge in [-0.1, -0.05) is 31.1 Å². The van der Waals surface area contributed by atoms with Crippen LogP contribution in [0.5, 0.6) is 0 Å². The molecule has 3 heterocycles. The van der Waals surface area contributed by atoms with E-state index in [0.717, 1.165) is 33.3 Å². The van der Waals surface area contributed by atoms with Crippen LogP contribution >= 0.6 is 11.3 Å². The Bertz CT molecular complexity index is 1280. The molecule has 0 unspecified atom stereocenters. The zero-order valence-corrected chi connectivity index (χ0v) is 19.7. The highest BCUT2D eigenvalue weighted by Gasteiger charge is 2.19. The SMILES string of the molecule is Cc1nc(-c2ccc3ccnc(NC[C@@H](O)C(=O)Nc4nc(C)c(CC(C)C)s4)c3c2)no1. The van der Waals surface area contributed by atoms with E-state index >= 15 is 0 Å². The van der Waals surface area contributed by atoms with Crippen LogP contribution in [0.1, 0.15) is 30.3 Å². The van der Waals surface area contributed by atoms with Gasteiger partial charge in [-0.2, -0.15) is 4.98 Å². The molecular formula is C23H26N6O3S. The van der Waals surface area contributed by atoms with E-state index in [9.17, 15) is 9.90 Å². The second-order valence-corrected chi connectivity index (χ2v) is 9.33. The summed E-state index contributed by atoms with van der Waals surface area (Å²) in [5.74, 6) is 1.50. The average Bonchev–Trinajstić information content (AvgIpc) is 3.36. The fraction of sp³-hybridized carbons (Fsp3) is 0.348. The molecule has 33 heavy (non-hydrogen) atoms. The number of aliphatic hydroxyl groups excluding tert-OH is 1. The van der Waals surface area contributed by atoms with Crippen molar-refractivity contribution in [3.63, 3.8) is 0 Å². The van der Waals surface area contributed by atoms with Crippen molar-refractivity contribution in [1.82, 2.24) is 20.1 Å². The first kappa shape index (κ1) is 22.8. The number of benzene rings is 1. The number of anilines is 2. The third kappa shape index (κ3) is 5.35. The monoisotopic (exact) mass is 466 g/mol. The first-order valence-electron chi connectivity index (χ1n) is 10.7. The number of rotatable bonds is 8. The molecule has 0 aliphatic carbocycles. The summed E-state index contributed by atoms with van der Waals surface area (Å²) in [4.78, 5) is 26.7. The zero-order chi connectivity index (χ0) is 23.5. The topological polar surface area (TPSA) is 126 Å². The van der Waals surface area contributed by atoms with E-state index in [-0.39, 0.29) is 6.54 Å². The smallest absolute Gasteiger partial charge is 0.256 e. The van der Waals surface area contributed by atoms with Gasteiger partial charge in [0.05, 0.1) is 12.2 Å². The van der Waals surface area contributed by atoms with E-state index < -0.39 is 12.0 Å². The number of nitrogens with zero attached hydrogens (tertiary/aromatic N) is 4. The summed E-state index contributed by atoms with van der Waals surface area (Å²) in [5.41, 5.74) is 1.69. The predicted molar refractivity (Wildman–Crippen MR) is 128 cm³/mol. The standard InChI is InChI=1S/C23H26N6O3S/c1-12(2)9-19-13(3)26-23(33-19)28-22(31)18(30)11-25-21-17-10-16(20-27-14(4)32-29-20)6-5-15(17)7-8-24-21/h5-8,10,12,18,30H,9,11H2,1-4H3,(H,24,25)(H,26,28,31)/t18-/m1/s1. The highest BCUT2D eigenvalue weighted by molar-refractivity contribution is 7.15. The van der Waals surface area contributed by atoms with E-state index in [1.54, 1.807) is 13.1 Å². The van der Waals surface area contributed by atoms with Gasteiger partial charge in [-0.3, -0.25) is 10.1 Å². The Morgan fingerprint density at radius 1 is 1.21 bits per heavy atom. The fourth-order valence-electron chi connectivity index (χ4n) is 3.38. The van der Waals surface area contributed by atoms with Gasteiger partial charge < -0.3 is 14.9 Å². The van der Waals surface area contributed by atoms with Crippen LogP contribution in [0.15, 0.2) is 35.0 Å². The lowest BCUT2D eigenvalue weighted by Crippen LogP contribution is -2.33. The first-order valence-corrected chi connectivity index (χ1v) is 11.5. The summed E-state index contributed by atoms with van der Waals surface area (Å²) in [6, 6.07) is 7.62. The first-order chi connectivity index (χ1) is 15.8. The molecule has 0 fully saturated rings. The van der Waals surface area contributed by atoms with E-state index in [1.807, 2.05) is 31.2 Å². The maximum absolute atomic E-state index is 12.5. The molecule has 172 valence electrons. The van der Waals surface area contributed by atoms with E-state index in [0.29, 0.717) is 28.6 Å². The summed E-state index contributed by atoms with van der Waals surface area (Å²) in [7, 11) is 0. The van der Waals surface area contributed by atoms with E-state index in [1.165, 1.54) is 11.3 Å². The van der Waals surface area contributed by atoms with Crippen molar-refractivity contribution in [2.45, 2.75) is 40.2 Å². The number of hydrogen-bond donors (Lipinski definition) is 3. The van der Waals surface area contributed by atoms with Crippen molar-refractivity contribution in [3.05, 3.63) is 46.9 Å². The molecule has 1 atom stereocenters. The molecule has 4 rings (SSSR count). The molecule has 1 aromatic carbocycles. The highest BCUT2D eigenvalue weighted by Crippen LogP contribution is 2.27. The van der Waals surface area contributed by atoms with Crippen LogP contribution in [-0.4, -0.2) is 43.8 Å². The minimum atomic E-state index is -1.28. The van der Waals surface area contributed by atoms with Crippen LogP contribution in [0, 0.1) is 19.8 Å². The van der Waals surface area contributed by atoms with Crippen LogP contribution < -0.4 is 10.6 Å². The van der Waals surface area contributed by atoms with Crippen molar-refractivity contribution in [1.29, 1.82) is 0 Å². The number of aliphatic hydroxyl groups is 1. The van der Waals surface area contributed by atoms with Gasteiger partial charge in [-0.05, 0) is 36.8 Å². The largest absolute Gasteiger partial charge is 0.381 e. The minimum absolute atomic E-state index is 0.00724. The Morgan fingerprint density at radius 2 is 2.03 bits per heavy atom. The van der Waals surface area contributed by atoms with Gasteiger partial charge >= 0.3 is 0 Å². The molecule has 0 spiro atoms. The summed E-state index contributed by atoms with van der Waals surface area (Å²) in [5, 5.41) is 22.4. The Morgan fingerprint density at radius 3 is 2.76 bits per heavy atom. The normalized spacial score (nSPS) is 12.3. The molecule has 0 aliphatic rings. The van der Waals surface area contributed by atoms with Crippen molar-refractivity contribution in [3.8, 4) is 11.4 Å².